The number of nitrogens with zero attached hydrogens (tertiary/aromatic N) is 4. The Morgan fingerprint density at radius 2 is 1.97 bits per heavy atom. The molecule has 0 unspecified atom stereocenters. The van der Waals surface area contributed by atoms with Crippen molar-refractivity contribution in [1.82, 2.24) is 30.4 Å². The maximum absolute atomic E-state index is 15.2. The van der Waals surface area contributed by atoms with Gasteiger partial charge in [0, 0.05) is 37.2 Å². The van der Waals surface area contributed by atoms with E-state index in [2.05, 4.69) is 35.7 Å². The van der Waals surface area contributed by atoms with Crippen LogP contribution in [-0.2, 0) is 11.2 Å². The van der Waals surface area contributed by atoms with Crippen LogP contribution in [0.1, 0.15) is 66.2 Å². The first-order valence-corrected chi connectivity index (χ1v) is 13.3. The quantitative estimate of drug-likeness (QED) is 0.371. The van der Waals surface area contributed by atoms with Crippen molar-refractivity contribution in [3.05, 3.63) is 63.4 Å². The number of hydrogen-bond donors (Lipinski definition) is 3. The van der Waals surface area contributed by atoms with Crippen molar-refractivity contribution in [1.29, 1.82) is 0 Å². The smallest absolute Gasteiger partial charge is 0.221 e. The Kier molecular flexibility index (Phi) is 7.71. The minimum atomic E-state index is -0.240. The fourth-order valence-electron chi connectivity index (χ4n) is 4.94. The van der Waals surface area contributed by atoms with E-state index in [0.717, 1.165) is 62.1 Å². The number of hydrogen-bond acceptors (Lipinski definition) is 6. The molecule has 2 fully saturated rings. The highest BCUT2D eigenvalue weighted by Crippen LogP contribution is 2.32. The second kappa shape index (κ2) is 11.1. The predicted octanol–water partition coefficient (Wildman–Crippen LogP) is 4.79. The van der Waals surface area contributed by atoms with Gasteiger partial charge in [-0.1, -0.05) is 17.7 Å². The first-order chi connectivity index (χ1) is 17.8. The minimum Gasteiger partial charge on any atom is -0.353 e. The van der Waals surface area contributed by atoms with Crippen LogP contribution in [0.4, 0.5) is 16.0 Å². The summed E-state index contributed by atoms with van der Waals surface area (Å²) in [6.07, 6.45) is 6.49. The zero-order valence-electron chi connectivity index (χ0n) is 21.3. The van der Waals surface area contributed by atoms with Crippen LogP contribution in [0.15, 0.2) is 24.4 Å². The summed E-state index contributed by atoms with van der Waals surface area (Å²) in [7, 11) is 0. The molecule has 1 aliphatic carbocycles. The second-order valence-electron chi connectivity index (χ2n) is 10.2. The maximum atomic E-state index is 15.2. The molecule has 2 aliphatic rings. The molecule has 10 heteroatoms. The van der Waals surface area contributed by atoms with E-state index in [1.165, 1.54) is 6.20 Å². The van der Waals surface area contributed by atoms with Crippen LogP contribution in [0.3, 0.4) is 0 Å². The summed E-state index contributed by atoms with van der Waals surface area (Å²) in [4.78, 5) is 23.1. The third-order valence-corrected chi connectivity index (χ3v) is 7.43. The van der Waals surface area contributed by atoms with Crippen LogP contribution in [0.25, 0.3) is 0 Å². The van der Waals surface area contributed by atoms with Gasteiger partial charge in [0.15, 0.2) is 11.6 Å². The molecule has 1 amide bonds. The van der Waals surface area contributed by atoms with Crippen molar-refractivity contribution in [2.24, 2.45) is 0 Å². The lowest BCUT2D eigenvalue weighted by Gasteiger charge is -2.32. The number of anilines is 2. The molecule has 0 spiro atoms. The Balaban J connectivity index is 1.19. The van der Waals surface area contributed by atoms with Crippen molar-refractivity contribution in [2.75, 3.05) is 25.0 Å². The number of likely N-dealkylation sites (tertiary alicyclic amines) is 1. The van der Waals surface area contributed by atoms with Crippen molar-refractivity contribution >= 4 is 29.1 Å². The number of piperidine rings is 1. The molecule has 1 aromatic carbocycles. The molecule has 0 radical (unpaired) electrons. The monoisotopic (exact) mass is 525 g/mol. The summed E-state index contributed by atoms with van der Waals surface area (Å²) < 4.78 is 15.2. The number of benzene rings is 1. The second-order valence-corrected chi connectivity index (χ2v) is 10.6. The Labute approximate surface area is 221 Å². The lowest BCUT2D eigenvalue weighted by Crippen LogP contribution is -2.36. The normalized spacial score (nSPS) is 16.6. The van der Waals surface area contributed by atoms with E-state index in [4.69, 9.17) is 11.6 Å². The summed E-state index contributed by atoms with van der Waals surface area (Å²) in [6.45, 7) is 6.58. The SMILES string of the molecule is Cc1cc(Nc2nc(Cc3cc(C)c(C4CCN(CCC(=O)NC5CC5)CC4)cc3F)ncc2Cl)n[nH]1. The zero-order chi connectivity index (χ0) is 25.9. The number of aryl methyl sites for hydroxylation is 2. The van der Waals surface area contributed by atoms with Gasteiger partial charge in [-0.2, -0.15) is 5.10 Å². The molecule has 1 aliphatic heterocycles. The van der Waals surface area contributed by atoms with E-state index in [0.29, 0.717) is 46.4 Å². The highest BCUT2D eigenvalue weighted by atomic mass is 35.5. The Morgan fingerprint density at radius 1 is 1.19 bits per heavy atom. The Bertz CT molecular complexity index is 1270. The van der Waals surface area contributed by atoms with E-state index >= 15 is 4.39 Å². The number of aromatic amines is 1. The van der Waals surface area contributed by atoms with E-state index in [1.54, 1.807) is 6.07 Å². The molecular formula is C27H33ClFN7O. The highest BCUT2D eigenvalue weighted by molar-refractivity contribution is 6.32. The van der Waals surface area contributed by atoms with E-state index in [9.17, 15) is 4.79 Å². The molecule has 37 heavy (non-hydrogen) atoms. The summed E-state index contributed by atoms with van der Waals surface area (Å²) in [5.74, 6) is 1.74. The summed E-state index contributed by atoms with van der Waals surface area (Å²) >= 11 is 6.26. The van der Waals surface area contributed by atoms with Gasteiger partial charge < -0.3 is 15.5 Å². The number of aromatic nitrogens is 4. The number of H-pyrrole nitrogens is 1. The molecule has 1 saturated heterocycles. The summed E-state index contributed by atoms with van der Waals surface area (Å²) in [5, 5.41) is 13.5. The van der Waals surface area contributed by atoms with Crippen molar-refractivity contribution in [3.8, 4) is 0 Å². The maximum Gasteiger partial charge on any atom is 0.221 e. The molecule has 0 atom stereocenters. The average Bonchev–Trinajstić information content (AvgIpc) is 3.60. The number of carbonyl (C=O) groups excluding carboxylic acids is 1. The molecule has 3 heterocycles. The molecule has 5 rings (SSSR count). The molecule has 1 saturated carbocycles. The van der Waals surface area contributed by atoms with E-state index in [1.807, 2.05) is 26.0 Å². The minimum absolute atomic E-state index is 0.155. The largest absolute Gasteiger partial charge is 0.353 e. The summed E-state index contributed by atoms with van der Waals surface area (Å²) in [5.41, 5.74) is 3.62. The van der Waals surface area contributed by atoms with Gasteiger partial charge in [0.25, 0.3) is 0 Å². The molecule has 3 N–H and O–H groups in total. The van der Waals surface area contributed by atoms with Crippen LogP contribution in [0, 0.1) is 19.7 Å². The van der Waals surface area contributed by atoms with Gasteiger partial charge in [0.05, 0.1) is 6.20 Å². The standard InChI is InChI=1S/C27H33ClFN7O/c1-16-11-19(13-24-30-15-22(28)27(32-24)33-25-12-17(2)34-35-25)23(29)14-21(16)18-5-8-36(9-6-18)10-7-26(37)31-20-3-4-20/h11-12,14-15,18,20H,3-10,13H2,1-2H3,(H,31,37)(H2,30,32,33,34,35). The fraction of sp³-hybridized carbons (Fsp3) is 0.481. The van der Waals surface area contributed by atoms with Gasteiger partial charge in [-0.25, -0.2) is 14.4 Å². The molecule has 0 bridgehead atoms. The fourth-order valence-corrected chi connectivity index (χ4v) is 5.08. The van der Waals surface area contributed by atoms with Gasteiger partial charge in [-0.3, -0.25) is 9.89 Å². The van der Waals surface area contributed by atoms with Gasteiger partial charge in [-0.05, 0) is 81.3 Å². The highest BCUT2D eigenvalue weighted by Gasteiger charge is 2.25. The van der Waals surface area contributed by atoms with Gasteiger partial charge in [0.2, 0.25) is 5.91 Å². The molecule has 2 aromatic heterocycles. The average molecular weight is 526 g/mol. The Hall–Kier alpha value is -3.04. The topological polar surface area (TPSA) is 98.8 Å². The molecule has 8 nitrogen and oxygen atoms in total. The van der Waals surface area contributed by atoms with Crippen LogP contribution < -0.4 is 10.6 Å². The number of rotatable bonds is 9. The predicted molar refractivity (Wildman–Crippen MR) is 142 cm³/mol. The molecule has 3 aromatic rings. The van der Waals surface area contributed by atoms with Gasteiger partial charge in [-0.15, -0.1) is 0 Å². The number of nitrogens with one attached hydrogen (secondary N) is 3. The lowest BCUT2D eigenvalue weighted by atomic mass is 9.85. The van der Waals surface area contributed by atoms with Crippen LogP contribution in [-0.4, -0.2) is 56.6 Å². The third-order valence-electron chi connectivity index (χ3n) is 7.15. The van der Waals surface area contributed by atoms with Crippen molar-refractivity contribution < 1.29 is 9.18 Å². The number of carbonyl (C=O) groups is 1. The van der Waals surface area contributed by atoms with Crippen LogP contribution >= 0.6 is 11.6 Å². The molecular weight excluding hydrogens is 493 g/mol. The first-order valence-electron chi connectivity index (χ1n) is 12.9. The van der Waals surface area contributed by atoms with Crippen molar-refractivity contribution in [2.45, 2.75) is 64.3 Å². The van der Waals surface area contributed by atoms with Crippen molar-refractivity contribution in [3.63, 3.8) is 0 Å². The zero-order valence-corrected chi connectivity index (χ0v) is 22.0. The van der Waals surface area contributed by atoms with Gasteiger partial charge >= 0.3 is 0 Å². The van der Waals surface area contributed by atoms with Crippen LogP contribution in [0.2, 0.25) is 5.02 Å². The lowest BCUT2D eigenvalue weighted by molar-refractivity contribution is -0.121. The first kappa shape index (κ1) is 25.6. The number of halogens is 2. The summed E-state index contributed by atoms with van der Waals surface area (Å²) in [6, 6.07) is 5.86. The third kappa shape index (κ3) is 6.64. The van der Waals surface area contributed by atoms with Crippen LogP contribution in [0.5, 0.6) is 0 Å². The van der Waals surface area contributed by atoms with E-state index < -0.39 is 0 Å². The van der Waals surface area contributed by atoms with E-state index in [-0.39, 0.29) is 18.1 Å². The number of amides is 1. The van der Waals surface area contributed by atoms with Gasteiger partial charge in [0.1, 0.15) is 16.7 Å². The Morgan fingerprint density at radius 3 is 2.68 bits per heavy atom. The molecule has 196 valence electrons.